The molecule has 1 aromatic carbocycles. The van der Waals surface area contributed by atoms with Gasteiger partial charge in [-0.05, 0) is 0 Å². The third-order valence-electron chi connectivity index (χ3n) is 2.76. The van der Waals surface area contributed by atoms with Crippen LogP contribution in [-0.4, -0.2) is 44.2 Å². The Hall–Kier alpha value is -1.49. The zero-order valence-electron chi connectivity index (χ0n) is 11.6. The number of esters is 1. The van der Waals surface area contributed by atoms with Crippen molar-refractivity contribution in [3.63, 3.8) is 0 Å². The van der Waals surface area contributed by atoms with Gasteiger partial charge in [0.2, 0.25) is 0 Å². The van der Waals surface area contributed by atoms with E-state index in [1.165, 1.54) is 11.8 Å². The van der Waals surface area contributed by atoms with Crippen LogP contribution >= 0.6 is 11.8 Å². The molecule has 1 aromatic heterocycles. The fraction of sp³-hybridized carbons (Fsp3) is 0.200. The molecule has 0 bridgehead atoms. The fourth-order valence-electron chi connectivity index (χ4n) is 1.80. The normalized spacial score (nSPS) is 10.4. The predicted octanol–water partition coefficient (Wildman–Crippen LogP) is 2.58. The summed E-state index contributed by atoms with van der Waals surface area (Å²) < 4.78 is 5.98. The van der Waals surface area contributed by atoms with Crippen molar-refractivity contribution in [1.82, 2.24) is 0 Å². The van der Waals surface area contributed by atoms with Gasteiger partial charge in [0, 0.05) is 0 Å². The fourth-order valence-corrected chi connectivity index (χ4v) is 5.07. The van der Waals surface area contributed by atoms with Gasteiger partial charge in [0.1, 0.15) is 0 Å². The second kappa shape index (κ2) is 6.98. The summed E-state index contributed by atoms with van der Waals surface area (Å²) in [5, 5.41) is 10.3. The molecule has 21 heavy (non-hydrogen) atoms. The van der Waals surface area contributed by atoms with Crippen molar-refractivity contribution in [2.24, 2.45) is 0 Å². The molecule has 1 heterocycles. The van der Waals surface area contributed by atoms with Gasteiger partial charge in [0.25, 0.3) is 0 Å². The second-order valence-corrected chi connectivity index (χ2v) is 7.60. The van der Waals surface area contributed by atoms with E-state index in [0.29, 0.717) is 10.0 Å². The Bertz CT molecular complexity index is 664. The Labute approximate surface area is 132 Å². The van der Waals surface area contributed by atoms with Crippen molar-refractivity contribution in [1.29, 1.82) is 0 Å². The van der Waals surface area contributed by atoms with Crippen molar-refractivity contribution in [3.05, 3.63) is 45.9 Å². The second-order valence-electron chi connectivity index (χ2n) is 4.06. The van der Waals surface area contributed by atoms with Gasteiger partial charge in [-0.3, -0.25) is 0 Å². The van der Waals surface area contributed by atoms with Crippen LogP contribution < -0.4 is 0 Å². The van der Waals surface area contributed by atoms with Crippen LogP contribution in [0.4, 0.5) is 0 Å². The molecule has 110 valence electrons. The van der Waals surface area contributed by atoms with Gasteiger partial charge >= 0.3 is 133 Å². The molecule has 0 aliphatic carbocycles. The summed E-state index contributed by atoms with van der Waals surface area (Å²) in [4.78, 5) is 24.4. The summed E-state index contributed by atoms with van der Waals surface area (Å²) in [6, 6.07) is 8.74. The van der Waals surface area contributed by atoms with E-state index < -0.39 is 5.97 Å². The van der Waals surface area contributed by atoms with E-state index in [2.05, 4.69) is 0 Å². The van der Waals surface area contributed by atoms with Crippen molar-refractivity contribution in [2.45, 2.75) is 10.7 Å². The average molecular weight is 369 g/mol. The molecule has 0 fully saturated rings. The van der Waals surface area contributed by atoms with Crippen LogP contribution in [0, 0.1) is 0 Å². The van der Waals surface area contributed by atoms with E-state index in [4.69, 9.17) is 4.74 Å². The van der Waals surface area contributed by atoms with Crippen molar-refractivity contribution < 1.29 is 19.4 Å². The third-order valence-corrected chi connectivity index (χ3v) is 6.86. The molecule has 0 aliphatic heterocycles. The first kappa shape index (κ1) is 15.9. The summed E-state index contributed by atoms with van der Waals surface area (Å²) in [6.45, 7) is 1.93. The maximum atomic E-state index is 12.5. The number of thioether (sulfide) groups is 1. The molecule has 0 amide bonds. The van der Waals surface area contributed by atoms with Crippen LogP contribution in [0.3, 0.4) is 0 Å². The van der Waals surface area contributed by atoms with Crippen LogP contribution in [0.1, 0.15) is 32.1 Å². The van der Waals surface area contributed by atoms with E-state index in [1.807, 2.05) is 12.3 Å². The molecule has 0 spiro atoms. The average Bonchev–Trinajstić information content (AvgIpc) is 2.84. The van der Waals surface area contributed by atoms with E-state index in [9.17, 15) is 14.7 Å². The van der Waals surface area contributed by atoms with Gasteiger partial charge in [-0.1, -0.05) is 0 Å². The quantitative estimate of drug-likeness (QED) is 0.380. The Morgan fingerprint density at radius 3 is 2.52 bits per heavy atom. The number of hydrogen-bond donors (Lipinski definition) is 1. The van der Waals surface area contributed by atoms with Crippen LogP contribution in [0.15, 0.2) is 34.1 Å². The standard InChI is InChI=1S/C15H14O4SSe/c1-3-19-14(18)10-12(17)13(21-15(10)20-2)11(16)9-7-5-4-6-8-9/h4-8,17H,3H2,1-2H3. The Morgan fingerprint density at radius 2 is 1.95 bits per heavy atom. The summed E-state index contributed by atoms with van der Waals surface area (Å²) in [6.07, 6.45) is 1.82. The number of carbonyl (C=O) groups is 2. The molecular formula is C15H14O4SSe. The van der Waals surface area contributed by atoms with E-state index in [0.717, 1.165) is 3.77 Å². The zero-order chi connectivity index (χ0) is 15.4. The van der Waals surface area contributed by atoms with Crippen LogP contribution in [0.5, 0.6) is 5.75 Å². The number of carbonyl (C=O) groups excluding carboxylic acids is 2. The predicted molar refractivity (Wildman–Crippen MR) is 82.7 cm³/mol. The number of aromatic hydroxyl groups is 1. The molecule has 1 N–H and O–H groups in total. The molecular weight excluding hydrogens is 355 g/mol. The maximum absolute atomic E-state index is 12.5. The summed E-state index contributed by atoms with van der Waals surface area (Å²) >= 11 is 0.991. The first-order valence-corrected chi connectivity index (χ1v) is 9.20. The zero-order valence-corrected chi connectivity index (χ0v) is 14.1. The van der Waals surface area contributed by atoms with Crippen LogP contribution in [0.2, 0.25) is 0 Å². The molecule has 0 unspecified atom stereocenters. The van der Waals surface area contributed by atoms with Gasteiger partial charge in [0.15, 0.2) is 0 Å². The first-order valence-electron chi connectivity index (χ1n) is 6.26. The monoisotopic (exact) mass is 370 g/mol. The Balaban J connectivity index is 2.47. The minimum atomic E-state index is -0.572. The van der Waals surface area contributed by atoms with Gasteiger partial charge in [-0.25, -0.2) is 0 Å². The minimum absolute atomic E-state index is 0.142. The van der Waals surface area contributed by atoms with Crippen LogP contribution in [-0.2, 0) is 4.74 Å². The summed E-state index contributed by atoms with van der Waals surface area (Å²) in [5.41, 5.74) is 0.648. The number of rotatable bonds is 5. The first-order chi connectivity index (χ1) is 10.1. The van der Waals surface area contributed by atoms with Gasteiger partial charge in [-0.15, -0.1) is 0 Å². The van der Waals surface area contributed by atoms with E-state index >= 15 is 0 Å². The number of hydrogen-bond acceptors (Lipinski definition) is 5. The SMILES string of the molecule is CCOC(=O)c1c(SC)[se]c(C(=O)c2ccccc2)c1O. The molecule has 0 saturated heterocycles. The molecule has 0 saturated carbocycles. The molecule has 0 aliphatic rings. The van der Waals surface area contributed by atoms with Crippen molar-refractivity contribution >= 4 is 38.0 Å². The molecule has 0 atom stereocenters. The molecule has 4 nitrogen and oxygen atoms in total. The van der Waals surface area contributed by atoms with E-state index in [-0.39, 0.29) is 38.2 Å². The van der Waals surface area contributed by atoms with Crippen molar-refractivity contribution in [3.8, 4) is 5.75 Å². The molecule has 2 rings (SSSR count). The topological polar surface area (TPSA) is 63.6 Å². The van der Waals surface area contributed by atoms with Crippen molar-refractivity contribution in [2.75, 3.05) is 12.9 Å². The van der Waals surface area contributed by atoms with Gasteiger partial charge < -0.3 is 0 Å². The summed E-state index contributed by atoms with van der Waals surface area (Å²) in [7, 11) is 0. The van der Waals surface area contributed by atoms with Gasteiger partial charge in [0.05, 0.1) is 0 Å². The Kier molecular flexibility index (Phi) is 5.28. The molecule has 0 radical (unpaired) electrons. The summed E-state index contributed by atoms with van der Waals surface area (Å²) in [5.74, 6) is -1.04. The molecule has 6 heteroatoms. The van der Waals surface area contributed by atoms with Crippen LogP contribution in [0.25, 0.3) is 0 Å². The number of ether oxygens (including phenoxy) is 1. The van der Waals surface area contributed by atoms with E-state index in [1.54, 1.807) is 31.2 Å². The molecule has 2 aromatic rings. The van der Waals surface area contributed by atoms with Gasteiger partial charge in [-0.2, -0.15) is 0 Å². The third kappa shape index (κ3) is 3.23. The number of ketones is 1. The number of benzene rings is 1. The Morgan fingerprint density at radius 1 is 1.29 bits per heavy atom.